The molecule has 8 heterocycles. The molecule has 396 valence electrons. The lowest BCUT2D eigenvalue weighted by molar-refractivity contribution is -0.197. The van der Waals surface area contributed by atoms with Gasteiger partial charge in [-0.2, -0.15) is 13.2 Å². The first-order valence-corrected chi connectivity index (χ1v) is 26.9. The number of pyridine rings is 1. The average Bonchev–Trinajstić information content (AvgIpc) is 4.24. The number of halogens is 3. The fraction of sp³-hybridized carbons (Fsp3) is 0.685. The Morgan fingerprint density at radius 2 is 1.78 bits per heavy atom. The zero-order chi connectivity index (χ0) is 51.0. The fourth-order valence-corrected chi connectivity index (χ4v) is 13.2. The molecule has 3 N–H and O–H groups in total. The molecule has 7 fully saturated rings. The molecule has 73 heavy (non-hydrogen) atoms. The molecule has 1 aromatic carbocycles. The third-order valence-electron chi connectivity index (χ3n) is 17.2. The van der Waals surface area contributed by atoms with Crippen molar-refractivity contribution in [2.24, 2.45) is 17.3 Å². The van der Waals surface area contributed by atoms with Gasteiger partial charge in [-0.25, -0.2) is 5.43 Å². The van der Waals surface area contributed by atoms with E-state index in [0.717, 1.165) is 37.7 Å². The summed E-state index contributed by atoms with van der Waals surface area (Å²) in [6, 6.07) is 7.20. The van der Waals surface area contributed by atoms with E-state index in [9.17, 15) is 27.6 Å². The van der Waals surface area contributed by atoms with Gasteiger partial charge in [0.2, 0.25) is 11.8 Å². The Morgan fingerprint density at radius 3 is 2.53 bits per heavy atom. The number of carbonyl (C=O) groups is 4. The van der Waals surface area contributed by atoms with Gasteiger partial charge >= 0.3 is 12.1 Å². The van der Waals surface area contributed by atoms with Gasteiger partial charge in [-0.3, -0.25) is 39.4 Å². The van der Waals surface area contributed by atoms with Crippen LogP contribution in [0.5, 0.6) is 0 Å². The first-order valence-electron chi connectivity index (χ1n) is 26.9. The zero-order valence-electron chi connectivity index (χ0n) is 42.7. The predicted octanol–water partition coefficient (Wildman–Crippen LogP) is 5.09. The summed E-state index contributed by atoms with van der Waals surface area (Å²) in [5.74, 6) is -0.231. The van der Waals surface area contributed by atoms with Gasteiger partial charge in [0, 0.05) is 74.0 Å². The van der Waals surface area contributed by atoms with Crippen molar-refractivity contribution in [3.8, 4) is 11.3 Å². The molecule has 3 amide bonds. The number of hydrazine groups is 1. The number of alkyl halides is 3. The number of likely N-dealkylation sites (tertiary alicyclic amines) is 1. The molecule has 6 aliphatic heterocycles. The summed E-state index contributed by atoms with van der Waals surface area (Å²) < 4.78 is 63.8. The molecular formula is C54H72F3N9O7. The number of nitrogens with zero attached hydrogens (tertiary/aromatic N) is 6. The molecule has 11 rings (SSSR count). The largest absolute Gasteiger partial charge is 0.464 e. The van der Waals surface area contributed by atoms with Crippen LogP contribution in [-0.2, 0) is 46.4 Å². The Labute approximate surface area is 425 Å². The van der Waals surface area contributed by atoms with Gasteiger partial charge in [-0.1, -0.05) is 32.8 Å². The third kappa shape index (κ3) is 10.4. The molecule has 2 aliphatic carbocycles. The molecule has 3 aromatic rings. The van der Waals surface area contributed by atoms with Crippen molar-refractivity contribution in [2.45, 2.75) is 146 Å². The van der Waals surface area contributed by atoms with Crippen LogP contribution in [0.15, 0.2) is 36.5 Å². The van der Waals surface area contributed by atoms with Gasteiger partial charge in [-0.05, 0) is 118 Å². The second-order valence-corrected chi connectivity index (χ2v) is 23.4. The Hall–Kier alpha value is -4.66. The van der Waals surface area contributed by atoms with Crippen molar-refractivity contribution in [1.29, 1.82) is 0 Å². The Kier molecular flexibility index (Phi) is 13.7. The highest BCUT2D eigenvalue weighted by molar-refractivity contribution is 5.94. The van der Waals surface area contributed by atoms with Crippen LogP contribution in [0.1, 0.15) is 107 Å². The smallest absolute Gasteiger partial charge is 0.406 e. The summed E-state index contributed by atoms with van der Waals surface area (Å²) in [7, 11) is 1.55. The van der Waals surface area contributed by atoms with Gasteiger partial charge in [-0.15, -0.1) is 0 Å². The molecule has 1 unspecified atom stereocenters. The Bertz CT molecular complexity index is 2590. The summed E-state index contributed by atoms with van der Waals surface area (Å²) in [6.45, 7) is 8.70. The van der Waals surface area contributed by atoms with Gasteiger partial charge in [0.1, 0.15) is 30.3 Å². The van der Waals surface area contributed by atoms with E-state index in [-0.39, 0.29) is 55.2 Å². The first-order chi connectivity index (χ1) is 35.0. The third-order valence-corrected chi connectivity index (χ3v) is 17.2. The van der Waals surface area contributed by atoms with Crippen LogP contribution in [0.3, 0.4) is 0 Å². The average molecular weight is 1020 g/mol. The second-order valence-electron chi connectivity index (χ2n) is 23.4. The van der Waals surface area contributed by atoms with E-state index in [2.05, 4.69) is 30.8 Å². The molecule has 1 spiro atoms. The summed E-state index contributed by atoms with van der Waals surface area (Å²) in [6.07, 6.45) is 4.72. The van der Waals surface area contributed by atoms with E-state index in [1.165, 1.54) is 22.4 Å². The van der Waals surface area contributed by atoms with Crippen molar-refractivity contribution >= 4 is 34.6 Å². The monoisotopic (exact) mass is 1020 g/mol. The molecule has 19 heteroatoms. The minimum absolute atomic E-state index is 0.00841. The van der Waals surface area contributed by atoms with Crippen LogP contribution < -0.4 is 16.1 Å². The maximum atomic E-state index is 15.1. The minimum Gasteiger partial charge on any atom is -0.464 e. The molecule has 6 bridgehead atoms. The molecular weight excluding hydrogens is 944 g/mol. The Balaban J connectivity index is 0.899. The van der Waals surface area contributed by atoms with Crippen LogP contribution in [-0.4, -0.2) is 168 Å². The van der Waals surface area contributed by atoms with Crippen LogP contribution in [0.4, 0.5) is 13.2 Å². The highest BCUT2D eigenvalue weighted by atomic mass is 19.4. The van der Waals surface area contributed by atoms with Crippen molar-refractivity contribution in [2.75, 3.05) is 72.7 Å². The van der Waals surface area contributed by atoms with Gasteiger partial charge in [0.15, 0.2) is 0 Å². The van der Waals surface area contributed by atoms with Gasteiger partial charge < -0.3 is 33.9 Å². The van der Waals surface area contributed by atoms with E-state index >= 15 is 4.79 Å². The number of amides is 3. The predicted molar refractivity (Wildman–Crippen MR) is 265 cm³/mol. The van der Waals surface area contributed by atoms with Gasteiger partial charge in [0.25, 0.3) is 5.91 Å². The fourth-order valence-electron chi connectivity index (χ4n) is 13.2. The highest BCUT2D eigenvalue weighted by Crippen LogP contribution is 2.45. The lowest BCUT2D eigenvalue weighted by Crippen LogP contribution is -2.73. The number of hydrogen-bond acceptors (Lipinski definition) is 12. The minimum atomic E-state index is -4.55. The zero-order valence-corrected chi connectivity index (χ0v) is 42.7. The van der Waals surface area contributed by atoms with E-state index in [1.807, 2.05) is 37.8 Å². The first kappa shape index (κ1) is 50.5. The number of ether oxygens (including phenoxy) is 3. The lowest BCUT2D eigenvalue weighted by atomic mass is 9.84. The summed E-state index contributed by atoms with van der Waals surface area (Å²) in [5.41, 5.74) is 5.45. The van der Waals surface area contributed by atoms with E-state index in [0.29, 0.717) is 111 Å². The van der Waals surface area contributed by atoms with Crippen LogP contribution in [0.25, 0.3) is 22.2 Å². The molecule has 2 aromatic heterocycles. The topological polar surface area (TPSA) is 173 Å². The quantitative estimate of drug-likeness (QED) is 0.182. The summed E-state index contributed by atoms with van der Waals surface area (Å²) in [4.78, 5) is 68.5. The van der Waals surface area contributed by atoms with E-state index in [1.54, 1.807) is 31.5 Å². The van der Waals surface area contributed by atoms with Crippen molar-refractivity contribution in [3.63, 3.8) is 0 Å². The van der Waals surface area contributed by atoms with Gasteiger partial charge in [0.05, 0.1) is 49.8 Å². The van der Waals surface area contributed by atoms with Crippen molar-refractivity contribution in [3.05, 3.63) is 53.3 Å². The van der Waals surface area contributed by atoms with Crippen LogP contribution >= 0.6 is 0 Å². The maximum Gasteiger partial charge on any atom is 0.406 e. The van der Waals surface area contributed by atoms with Crippen LogP contribution in [0.2, 0.25) is 0 Å². The van der Waals surface area contributed by atoms with E-state index < -0.39 is 53.9 Å². The number of morpholine rings is 1. The molecule has 8 atom stereocenters. The molecule has 16 nitrogen and oxygen atoms in total. The number of nitrogens with one attached hydrogen (secondary N) is 3. The lowest BCUT2D eigenvalue weighted by Gasteiger charge is -2.55. The highest BCUT2D eigenvalue weighted by Gasteiger charge is 2.58. The standard InChI is InChI=1S/C54H72F3N9O7/c1-32(71-4)43-37(11-7-18-58-43)47-39-24-52(2,3)31-72-51(70)40-12-8-19-66(61-40)49(68)41(26-62-20-17-36(25-62)35-15-16-42(38(39)23-35)65(47)30-54(55,56)57)59-48(67)46(34-9-5-6-10-34)63-21-22-73-53(27-63)28-64(29-53)50(69)45-44(60-45)33-13-14-33/h7,11,15-16,18,23,32-34,36,40-41,44-46,60-61H,5-6,8-10,12-14,17,19-22,24-31H2,1-4H3,(H,59,67)/t32-,36+,40-,41-,44+,45+,46-/m0/s1. The number of cyclic esters (lactones) is 1. The SMILES string of the molecule is CO[C@@H](C)c1ncccc1-c1c2c3cc(ccc3n1CC(F)(F)F)[C@@H]1CCN(C1)C[C@H](NC(=O)[C@H](C1CCCC1)N1CCOC3(CN(C(=O)[C@@H]4N[C@@H]4C4CC4)C3)C1)C(=O)N1CCC[C@H](N1)C(=O)OCC(C)(C)C2. The summed E-state index contributed by atoms with van der Waals surface area (Å²) >= 11 is 0. The second kappa shape index (κ2) is 19.8. The van der Waals surface area contributed by atoms with E-state index in [4.69, 9.17) is 14.2 Å². The summed E-state index contributed by atoms with van der Waals surface area (Å²) in [5, 5.41) is 8.86. The number of methoxy groups -OCH3 is 1. The number of aromatic nitrogens is 2. The molecule has 0 radical (unpaired) electrons. The number of carbonyl (C=O) groups excluding carboxylic acids is 4. The van der Waals surface area contributed by atoms with Crippen LogP contribution in [0, 0.1) is 17.3 Å². The number of esters is 1. The molecule has 2 saturated carbocycles. The molecule has 5 saturated heterocycles. The number of hydrogen-bond donors (Lipinski definition) is 3. The Morgan fingerprint density at radius 1 is 0.986 bits per heavy atom. The molecule has 8 aliphatic rings. The number of rotatable bonds is 10. The maximum absolute atomic E-state index is 15.1. The normalized spacial score (nSPS) is 29.7. The number of fused-ring (bicyclic) bond motifs is 6. The number of benzene rings is 1. The van der Waals surface area contributed by atoms with Crippen molar-refractivity contribution in [1.82, 2.24) is 45.3 Å². The van der Waals surface area contributed by atoms with Crippen molar-refractivity contribution < 1.29 is 46.6 Å².